The minimum atomic E-state index is -0.398. The van der Waals surface area contributed by atoms with Gasteiger partial charge in [-0.25, -0.2) is 0 Å². The van der Waals surface area contributed by atoms with Crippen molar-refractivity contribution in [1.82, 2.24) is 10.2 Å². The van der Waals surface area contributed by atoms with Crippen molar-refractivity contribution in [2.45, 2.75) is 33.2 Å². The molecule has 0 aromatic carbocycles. The number of rotatable bonds is 2. The second-order valence-electron chi connectivity index (χ2n) is 4.10. The maximum absolute atomic E-state index is 11.8. The van der Waals surface area contributed by atoms with Crippen LogP contribution >= 0.6 is 0 Å². The van der Waals surface area contributed by atoms with Crippen molar-refractivity contribution in [3.8, 4) is 0 Å². The van der Waals surface area contributed by atoms with E-state index >= 15 is 0 Å². The third-order valence-corrected chi connectivity index (χ3v) is 2.39. The standard InChI is InChI=1S/C11H18N2O2/c1-8(2)4-6-13-7-5-10(14)12-9(3)11(13)15/h4,9H,5-7H2,1-3H3,(H,12,14). The van der Waals surface area contributed by atoms with Crippen molar-refractivity contribution in [1.29, 1.82) is 0 Å². The van der Waals surface area contributed by atoms with Crippen molar-refractivity contribution in [2.24, 2.45) is 0 Å². The first kappa shape index (κ1) is 11.8. The van der Waals surface area contributed by atoms with Crippen LogP contribution in [0.2, 0.25) is 0 Å². The summed E-state index contributed by atoms with van der Waals surface area (Å²) >= 11 is 0. The summed E-state index contributed by atoms with van der Waals surface area (Å²) in [7, 11) is 0. The lowest BCUT2D eigenvalue weighted by Crippen LogP contribution is -2.42. The zero-order valence-corrected chi connectivity index (χ0v) is 9.54. The summed E-state index contributed by atoms with van der Waals surface area (Å²) in [5.41, 5.74) is 1.18. The number of nitrogens with zero attached hydrogens (tertiary/aromatic N) is 1. The second kappa shape index (κ2) is 4.96. The smallest absolute Gasteiger partial charge is 0.245 e. The maximum Gasteiger partial charge on any atom is 0.245 e. The van der Waals surface area contributed by atoms with Crippen LogP contribution in [-0.4, -0.2) is 35.8 Å². The summed E-state index contributed by atoms with van der Waals surface area (Å²) in [6, 6.07) is -0.398. The Bertz CT molecular complexity index is 293. The monoisotopic (exact) mass is 210 g/mol. The van der Waals surface area contributed by atoms with Crippen LogP contribution in [0.5, 0.6) is 0 Å². The third kappa shape index (κ3) is 3.38. The van der Waals surface area contributed by atoms with E-state index in [-0.39, 0.29) is 11.8 Å². The molecule has 1 aliphatic heterocycles. The van der Waals surface area contributed by atoms with Gasteiger partial charge in [0.25, 0.3) is 0 Å². The van der Waals surface area contributed by atoms with E-state index in [4.69, 9.17) is 0 Å². The average molecular weight is 210 g/mol. The summed E-state index contributed by atoms with van der Waals surface area (Å²) in [5.74, 6) is -0.0473. The zero-order valence-electron chi connectivity index (χ0n) is 9.54. The summed E-state index contributed by atoms with van der Waals surface area (Å²) in [5, 5.41) is 2.66. The van der Waals surface area contributed by atoms with Crippen molar-refractivity contribution in [2.75, 3.05) is 13.1 Å². The molecule has 0 saturated carbocycles. The molecule has 0 aromatic rings. The first-order chi connectivity index (χ1) is 7.00. The fraction of sp³-hybridized carbons (Fsp3) is 0.636. The quantitative estimate of drug-likeness (QED) is 0.682. The van der Waals surface area contributed by atoms with E-state index in [1.165, 1.54) is 5.57 Å². The van der Waals surface area contributed by atoms with Crippen LogP contribution in [0.15, 0.2) is 11.6 Å². The lowest BCUT2D eigenvalue weighted by atomic mass is 10.2. The molecule has 1 fully saturated rings. The zero-order chi connectivity index (χ0) is 11.4. The van der Waals surface area contributed by atoms with Gasteiger partial charge in [-0.3, -0.25) is 9.59 Å². The number of allylic oxidation sites excluding steroid dienone is 1. The fourth-order valence-corrected chi connectivity index (χ4v) is 1.47. The van der Waals surface area contributed by atoms with E-state index in [1.54, 1.807) is 11.8 Å². The highest BCUT2D eigenvalue weighted by Gasteiger charge is 2.25. The highest BCUT2D eigenvalue weighted by Crippen LogP contribution is 2.04. The van der Waals surface area contributed by atoms with Crippen LogP contribution in [0.4, 0.5) is 0 Å². The molecule has 15 heavy (non-hydrogen) atoms. The van der Waals surface area contributed by atoms with Crippen molar-refractivity contribution >= 4 is 11.8 Å². The van der Waals surface area contributed by atoms with Gasteiger partial charge in [0, 0.05) is 19.5 Å². The normalized spacial score (nSPS) is 22.1. The average Bonchev–Trinajstić information content (AvgIpc) is 2.26. The summed E-state index contributed by atoms with van der Waals surface area (Å²) in [6.07, 6.45) is 2.40. The molecular formula is C11H18N2O2. The molecule has 1 heterocycles. The van der Waals surface area contributed by atoms with E-state index < -0.39 is 6.04 Å². The molecule has 1 atom stereocenters. The largest absolute Gasteiger partial charge is 0.345 e. The van der Waals surface area contributed by atoms with Gasteiger partial charge in [0.15, 0.2) is 0 Å². The Morgan fingerprint density at radius 2 is 2.20 bits per heavy atom. The minimum Gasteiger partial charge on any atom is -0.345 e. The number of hydrogen-bond acceptors (Lipinski definition) is 2. The van der Waals surface area contributed by atoms with Crippen LogP contribution in [0, 0.1) is 0 Å². The first-order valence-electron chi connectivity index (χ1n) is 5.22. The lowest BCUT2D eigenvalue weighted by molar-refractivity contribution is -0.132. The van der Waals surface area contributed by atoms with Crippen LogP contribution < -0.4 is 5.32 Å². The maximum atomic E-state index is 11.8. The minimum absolute atomic E-state index is 0.00153. The lowest BCUT2D eigenvalue weighted by Gasteiger charge is -2.20. The highest BCUT2D eigenvalue weighted by atomic mass is 16.2. The number of hydrogen-bond donors (Lipinski definition) is 1. The van der Waals surface area contributed by atoms with Gasteiger partial charge in [0.1, 0.15) is 6.04 Å². The third-order valence-electron chi connectivity index (χ3n) is 2.39. The van der Waals surface area contributed by atoms with Gasteiger partial charge >= 0.3 is 0 Å². The van der Waals surface area contributed by atoms with Crippen LogP contribution in [0.3, 0.4) is 0 Å². The molecule has 4 heteroatoms. The van der Waals surface area contributed by atoms with Crippen molar-refractivity contribution in [3.05, 3.63) is 11.6 Å². The van der Waals surface area contributed by atoms with E-state index in [0.29, 0.717) is 19.5 Å². The molecular weight excluding hydrogens is 192 g/mol. The van der Waals surface area contributed by atoms with Gasteiger partial charge in [-0.15, -0.1) is 0 Å². The molecule has 1 N–H and O–H groups in total. The van der Waals surface area contributed by atoms with Gasteiger partial charge in [-0.2, -0.15) is 0 Å². The summed E-state index contributed by atoms with van der Waals surface area (Å²) in [6.45, 7) is 6.82. The van der Waals surface area contributed by atoms with Crippen LogP contribution in [0.1, 0.15) is 27.2 Å². The van der Waals surface area contributed by atoms with Crippen LogP contribution in [-0.2, 0) is 9.59 Å². The number of amides is 2. The van der Waals surface area contributed by atoms with E-state index in [0.717, 1.165) is 0 Å². The molecule has 2 amide bonds. The molecule has 1 rings (SSSR count). The molecule has 0 spiro atoms. The SMILES string of the molecule is CC(C)=CCN1CCC(=O)NC(C)C1=O. The Balaban J connectivity index is 2.66. The van der Waals surface area contributed by atoms with E-state index in [1.807, 2.05) is 19.9 Å². The Morgan fingerprint density at radius 3 is 2.80 bits per heavy atom. The van der Waals surface area contributed by atoms with Gasteiger partial charge in [0.2, 0.25) is 11.8 Å². The molecule has 0 radical (unpaired) electrons. The topological polar surface area (TPSA) is 49.4 Å². The van der Waals surface area contributed by atoms with Gasteiger partial charge in [0.05, 0.1) is 0 Å². The Morgan fingerprint density at radius 1 is 1.53 bits per heavy atom. The van der Waals surface area contributed by atoms with Gasteiger partial charge in [-0.1, -0.05) is 11.6 Å². The number of carbonyl (C=O) groups is 2. The Hall–Kier alpha value is -1.32. The fourth-order valence-electron chi connectivity index (χ4n) is 1.47. The van der Waals surface area contributed by atoms with E-state index in [2.05, 4.69) is 5.32 Å². The van der Waals surface area contributed by atoms with Crippen LogP contribution in [0.25, 0.3) is 0 Å². The second-order valence-corrected chi connectivity index (χ2v) is 4.10. The number of nitrogens with one attached hydrogen (secondary N) is 1. The van der Waals surface area contributed by atoms with Crippen molar-refractivity contribution < 1.29 is 9.59 Å². The molecule has 1 saturated heterocycles. The molecule has 0 aromatic heterocycles. The molecule has 1 unspecified atom stereocenters. The first-order valence-corrected chi connectivity index (χ1v) is 5.22. The molecule has 1 aliphatic rings. The predicted molar refractivity (Wildman–Crippen MR) is 58.2 cm³/mol. The summed E-state index contributed by atoms with van der Waals surface area (Å²) in [4.78, 5) is 24.7. The number of carbonyl (C=O) groups excluding carboxylic acids is 2. The molecule has 84 valence electrons. The molecule has 0 aliphatic carbocycles. The Labute approximate surface area is 90.3 Å². The predicted octanol–water partition coefficient (Wildman–Crippen LogP) is 0.690. The van der Waals surface area contributed by atoms with E-state index in [9.17, 15) is 9.59 Å². The molecule has 0 bridgehead atoms. The Kier molecular flexibility index (Phi) is 3.88. The van der Waals surface area contributed by atoms with Gasteiger partial charge in [-0.05, 0) is 20.8 Å². The van der Waals surface area contributed by atoms with Crippen molar-refractivity contribution in [3.63, 3.8) is 0 Å². The molecule has 4 nitrogen and oxygen atoms in total. The van der Waals surface area contributed by atoms with Gasteiger partial charge < -0.3 is 10.2 Å². The highest BCUT2D eigenvalue weighted by molar-refractivity contribution is 5.89. The summed E-state index contributed by atoms with van der Waals surface area (Å²) < 4.78 is 0.